The molecule has 4 heteroatoms. The van der Waals surface area contributed by atoms with Crippen molar-refractivity contribution < 1.29 is 9.18 Å². The number of amides is 1. The van der Waals surface area contributed by atoms with Crippen molar-refractivity contribution in [2.75, 3.05) is 19.6 Å². The molecule has 1 saturated heterocycles. The van der Waals surface area contributed by atoms with Gasteiger partial charge in [0.05, 0.1) is 5.41 Å². The Labute approximate surface area is 125 Å². The highest BCUT2D eigenvalue weighted by molar-refractivity contribution is 5.91. The second-order valence-corrected chi connectivity index (χ2v) is 6.36. The average molecular weight is 290 g/mol. The number of halogens is 1. The van der Waals surface area contributed by atoms with Crippen molar-refractivity contribution >= 4 is 5.91 Å². The molecule has 1 aromatic rings. The Kier molecular flexibility index (Phi) is 3.98. The van der Waals surface area contributed by atoms with Crippen molar-refractivity contribution in [1.82, 2.24) is 10.2 Å². The second-order valence-electron chi connectivity index (χ2n) is 6.36. The highest BCUT2D eigenvalue weighted by atomic mass is 19.1. The van der Waals surface area contributed by atoms with Crippen molar-refractivity contribution in [2.45, 2.75) is 44.1 Å². The summed E-state index contributed by atoms with van der Waals surface area (Å²) >= 11 is 0. The predicted octanol–water partition coefficient (Wildman–Crippen LogP) is 2.46. The first kappa shape index (κ1) is 14.5. The topological polar surface area (TPSA) is 32.3 Å². The van der Waals surface area contributed by atoms with Gasteiger partial charge in [0.2, 0.25) is 5.91 Å². The third-order valence-corrected chi connectivity index (χ3v) is 4.90. The molecule has 0 spiro atoms. The highest BCUT2D eigenvalue weighted by Gasteiger charge is 2.52. The molecule has 3 nitrogen and oxygen atoms in total. The first-order valence-corrected chi connectivity index (χ1v) is 7.91. The second kappa shape index (κ2) is 5.76. The molecular formula is C17H23FN2O. The maximum atomic E-state index is 13.9. The number of hydrogen-bond donors (Lipinski definition) is 1. The van der Waals surface area contributed by atoms with E-state index in [4.69, 9.17) is 0 Å². The third kappa shape index (κ3) is 2.82. The standard InChI is InChI=1S/C17H23FN2O/c1-13(20-10-4-5-11-20)12-19-16(21)17(8-9-17)14-6-2-3-7-15(14)18/h2-3,6-7,13H,4-5,8-12H2,1H3,(H,19,21). The zero-order valence-corrected chi connectivity index (χ0v) is 12.6. The minimum Gasteiger partial charge on any atom is -0.354 e. The molecule has 1 aromatic carbocycles. The van der Waals surface area contributed by atoms with Crippen LogP contribution in [-0.2, 0) is 10.2 Å². The molecule has 1 aliphatic carbocycles. The van der Waals surface area contributed by atoms with Crippen LogP contribution < -0.4 is 5.32 Å². The maximum absolute atomic E-state index is 13.9. The third-order valence-electron chi connectivity index (χ3n) is 4.90. The molecular weight excluding hydrogens is 267 g/mol. The van der Waals surface area contributed by atoms with Gasteiger partial charge in [-0.1, -0.05) is 18.2 Å². The van der Waals surface area contributed by atoms with Gasteiger partial charge in [0.25, 0.3) is 0 Å². The summed E-state index contributed by atoms with van der Waals surface area (Å²) < 4.78 is 13.9. The van der Waals surface area contributed by atoms with Gasteiger partial charge < -0.3 is 5.32 Å². The average Bonchev–Trinajstić information content (AvgIpc) is 3.10. The molecule has 3 rings (SSSR count). The molecule has 0 bridgehead atoms. The van der Waals surface area contributed by atoms with E-state index in [1.54, 1.807) is 18.2 Å². The number of nitrogens with one attached hydrogen (secondary N) is 1. The Morgan fingerprint density at radius 3 is 2.62 bits per heavy atom. The lowest BCUT2D eigenvalue weighted by Crippen LogP contribution is -2.44. The van der Waals surface area contributed by atoms with Crippen LogP contribution in [0, 0.1) is 5.82 Å². The van der Waals surface area contributed by atoms with Gasteiger partial charge in [0, 0.05) is 18.2 Å². The first-order valence-electron chi connectivity index (χ1n) is 7.91. The normalized spacial score (nSPS) is 22.0. The van der Waals surface area contributed by atoms with E-state index in [0.29, 0.717) is 18.2 Å². The zero-order chi connectivity index (χ0) is 14.9. The number of carbonyl (C=O) groups is 1. The molecule has 1 unspecified atom stereocenters. The smallest absolute Gasteiger partial charge is 0.230 e. The van der Waals surface area contributed by atoms with Crippen molar-refractivity contribution in [3.8, 4) is 0 Å². The van der Waals surface area contributed by atoms with Crippen molar-refractivity contribution in [2.24, 2.45) is 0 Å². The molecule has 1 saturated carbocycles. The molecule has 1 aliphatic heterocycles. The molecule has 2 aliphatic rings. The number of rotatable bonds is 5. The van der Waals surface area contributed by atoms with Crippen LogP contribution in [0.1, 0.15) is 38.2 Å². The van der Waals surface area contributed by atoms with Gasteiger partial charge in [-0.25, -0.2) is 4.39 Å². The lowest BCUT2D eigenvalue weighted by molar-refractivity contribution is -0.123. The summed E-state index contributed by atoms with van der Waals surface area (Å²) in [6.07, 6.45) is 3.99. The summed E-state index contributed by atoms with van der Waals surface area (Å²) in [5.41, 5.74) is -0.0629. The van der Waals surface area contributed by atoms with Crippen LogP contribution in [0.25, 0.3) is 0 Å². The van der Waals surface area contributed by atoms with Crippen molar-refractivity contribution in [1.29, 1.82) is 0 Å². The van der Waals surface area contributed by atoms with Gasteiger partial charge in [-0.3, -0.25) is 9.69 Å². The Bertz CT molecular complexity index is 521. The van der Waals surface area contributed by atoms with Gasteiger partial charge in [0.15, 0.2) is 0 Å². The van der Waals surface area contributed by atoms with Gasteiger partial charge >= 0.3 is 0 Å². The summed E-state index contributed by atoms with van der Waals surface area (Å²) in [6.45, 7) is 5.04. The molecule has 1 N–H and O–H groups in total. The van der Waals surface area contributed by atoms with E-state index in [0.717, 1.165) is 25.9 Å². The van der Waals surface area contributed by atoms with E-state index in [1.807, 2.05) is 0 Å². The molecule has 114 valence electrons. The lowest BCUT2D eigenvalue weighted by Gasteiger charge is -2.25. The number of benzene rings is 1. The summed E-state index contributed by atoms with van der Waals surface area (Å²) in [5.74, 6) is -0.281. The van der Waals surface area contributed by atoms with Crippen LogP contribution in [0.4, 0.5) is 4.39 Å². The Hall–Kier alpha value is -1.42. The fourth-order valence-electron chi connectivity index (χ4n) is 3.31. The number of carbonyl (C=O) groups excluding carboxylic acids is 1. The Morgan fingerprint density at radius 1 is 1.33 bits per heavy atom. The number of hydrogen-bond acceptors (Lipinski definition) is 2. The van der Waals surface area contributed by atoms with E-state index in [-0.39, 0.29) is 11.7 Å². The quantitative estimate of drug-likeness (QED) is 0.903. The molecule has 2 fully saturated rings. The summed E-state index contributed by atoms with van der Waals surface area (Å²) in [7, 11) is 0. The SMILES string of the molecule is CC(CNC(=O)C1(c2ccccc2F)CC1)N1CCCC1. The van der Waals surface area contributed by atoms with Crippen LogP contribution >= 0.6 is 0 Å². The molecule has 1 amide bonds. The van der Waals surface area contributed by atoms with Crippen LogP contribution in [0.2, 0.25) is 0 Å². The van der Waals surface area contributed by atoms with Gasteiger partial charge in [-0.2, -0.15) is 0 Å². The Morgan fingerprint density at radius 2 is 2.00 bits per heavy atom. The number of nitrogens with zero attached hydrogens (tertiary/aromatic N) is 1. The highest BCUT2D eigenvalue weighted by Crippen LogP contribution is 2.49. The maximum Gasteiger partial charge on any atom is 0.230 e. The van der Waals surface area contributed by atoms with E-state index in [2.05, 4.69) is 17.1 Å². The summed E-state index contributed by atoms with van der Waals surface area (Å²) in [4.78, 5) is 14.9. The summed E-state index contributed by atoms with van der Waals surface area (Å²) in [5, 5.41) is 3.04. The Balaban J connectivity index is 1.61. The summed E-state index contributed by atoms with van der Waals surface area (Å²) in [6, 6.07) is 7.01. The molecule has 1 heterocycles. The van der Waals surface area contributed by atoms with Gasteiger partial charge in [-0.15, -0.1) is 0 Å². The molecule has 0 radical (unpaired) electrons. The number of likely N-dealkylation sites (tertiary alicyclic amines) is 1. The lowest BCUT2D eigenvalue weighted by atomic mass is 9.94. The first-order chi connectivity index (χ1) is 10.1. The van der Waals surface area contributed by atoms with Crippen LogP contribution in [0.3, 0.4) is 0 Å². The van der Waals surface area contributed by atoms with Crippen molar-refractivity contribution in [3.05, 3.63) is 35.6 Å². The monoisotopic (exact) mass is 290 g/mol. The van der Waals surface area contributed by atoms with Crippen LogP contribution in [-0.4, -0.2) is 36.5 Å². The fraction of sp³-hybridized carbons (Fsp3) is 0.588. The van der Waals surface area contributed by atoms with E-state index in [1.165, 1.54) is 18.9 Å². The van der Waals surface area contributed by atoms with Crippen molar-refractivity contribution in [3.63, 3.8) is 0 Å². The predicted molar refractivity (Wildman–Crippen MR) is 80.6 cm³/mol. The van der Waals surface area contributed by atoms with E-state index >= 15 is 0 Å². The molecule has 0 aromatic heterocycles. The van der Waals surface area contributed by atoms with Gasteiger partial charge in [-0.05, 0) is 51.8 Å². The molecule has 21 heavy (non-hydrogen) atoms. The minimum atomic E-state index is -0.615. The fourth-order valence-corrected chi connectivity index (χ4v) is 3.31. The van der Waals surface area contributed by atoms with Gasteiger partial charge in [0.1, 0.15) is 5.82 Å². The minimum absolute atomic E-state index is 0.0151. The van der Waals surface area contributed by atoms with Crippen LogP contribution in [0.5, 0.6) is 0 Å². The van der Waals surface area contributed by atoms with Crippen LogP contribution in [0.15, 0.2) is 24.3 Å². The zero-order valence-electron chi connectivity index (χ0n) is 12.6. The molecule has 1 atom stereocenters. The van der Waals surface area contributed by atoms with E-state index < -0.39 is 5.41 Å². The van der Waals surface area contributed by atoms with E-state index in [9.17, 15) is 9.18 Å². The largest absolute Gasteiger partial charge is 0.354 e.